The molecule has 0 radical (unpaired) electrons. The number of nitrogens with one attached hydrogen (secondary N) is 2. The molecule has 0 aliphatic heterocycles. The third-order valence-corrected chi connectivity index (χ3v) is 2.60. The molecule has 0 unspecified atom stereocenters. The normalized spacial score (nSPS) is 10.4. The van der Waals surface area contributed by atoms with Crippen LogP contribution in [0.1, 0.15) is 41.6 Å². The molecular formula is C13H20N2O4. The number of carbonyl (C=O) groups is 2. The molecule has 1 amide bonds. The zero-order chi connectivity index (χ0) is 14.3. The van der Waals surface area contributed by atoms with Crippen molar-refractivity contribution < 1.29 is 19.1 Å². The Hall–Kier alpha value is -1.82. The van der Waals surface area contributed by atoms with Crippen molar-refractivity contribution in [3.8, 4) is 0 Å². The van der Waals surface area contributed by atoms with E-state index >= 15 is 0 Å². The average Bonchev–Trinajstić information content (AvgIpc) is 2.73. The molecule has 106 valence electrons. The molecule has 0 atom stereocenters. The van der Waals surface area contributed by atoms with Gasteiger partial charge in [0.15, 0.2) is 0 Å². The highest BCUT2D eigenvalue weighted by molar-refractivity contribution is 5.88. The predicted molar refractivity (Wildman–Crippen MR) is 70.0 cm³/mol. The number of furan rings is 1. The van der Waals surface area contributed by atoms with Crippen LogP contribution in [0.3, 0.4) is 0 Å². The van der Waals surface area contributed by atoms with Crippen molar-refractivity contribution in [3.63, 3.8) is 0 Å². The number of hydrogen-bond donors (Lipinski definition) is 3. The number of carbonyl (C=O) groups excluding carboxylic acids is 1. The van der Waals surface area contributed by atoms with Gasteiger partial charge in [-0.15, -0.1) is 0 Å². The number of hydrogen-bond acceptors (Lipinski definition) is 4. The molecule has 0 fully saturated rings. The Labute approximate surface area is 112 Å². The maximum absolute atomic E-state index is 11.3. The fourth-order valence-electron chi connectivity index (χ4n) is 1.61. The first-order valence-corrected chi connectivity index (χ1v) is 6.34. The summed E-state index contributed by atoms with van der Waals surface area (Å²) in [7, 11) is 0. The molecule has 19 heavy (non-hydrogen) atoms. The van der Waals surface area contributed by atoms with Crippen LogP contribution in [-0.4, -0.2) is 30.1 Å². The van der Waals surface area contributed by atoms with Crippen LogP contribution in [-0.2, 0) is 11.3 Å². The number of aryl methyl sites for hydroxylation is 1. The molecule has 0 saturated carbocycles. The zero-order valence-electron chi connectivity index (χ0n) is 11.3. The quantitative estimate of drug-likeness (QED) is 0.618. The van der Waals surface area contributed by atoms with Crippen LogP contribution in [0.2, 0.25) is 0 Å². The predicted octanol–water partition coefficient (Wildman–Crippen LogP) is 1.29. The first-order chi connectivity index (χ1) is 9.04. The summed E-state index contributed by atoms with van der Waals surface area (Å²) in [6.07, 6.45) is 1.31. The second kappa shape index (κ2) is 7.58. The smallest absolute Gasteiger partial charge is 0.339 e. The van der Waals surface area contributed by atoms with Gasteiger partial charge in [0, 0.05) is 19.5 Å². The van der Waals surface area contributed by atoms with E-state index in [1.165, 1.54) is 6.07 Å². The molecule has 0 bridgehead atoms. The Morgan fingerprint density at radius 2 is 2.11 bits per heavy atom. The van der Waals surface area contributed by atoms with Gasteiger partial charge < -0.3 is 20.2 Å². The Balaban J connectivity index is 2.28. The number of aromatic carboxylic acids is 1. The lowest BCUT2D eigenvalue weighted by molar-refractivity contribution is -0.121. The summed E-state index contributed by atoms with van der Waals surface area (Å²) >= 11 is 0. The lowest BCUT2D eigenvalue weighted by Gasteiger charge is -2.04. The lowest BCUT2D eigenvalue weighted by atomic mass is 10.2. The summed E-state index contributed by atoms with van der Waals surface area (Å²) in [5.74, 6) is -0.0310. The van der Waals surface area contributed by atoms with Gasteiger partial charge in [0.2, 0.25) is 5.91 Å². The molecule has 0 spiro atoms. The number of rotatable bonds is 8. The highest BCUT2D eigenvalue weighted by Crippen LogP contribution is 2.14. The maximum Gasteiger partial charge on any atom is 0.339 e. The van der Waals surface area contributed by atoms with Crippen molar-refractivity contribution in [1.82, 2.24) is 10.6 Å². The largest absolute Gasteiger partial charge is 0.478 e. The van der Waals surface area contributed by atoms with Gasteiger partial charge in [0.05, 0.1) is 6.54 Å². The first kappa shape index (κ1) is 15.2. The van der Waals surface area contributed by atoms with Crippen molar-refractivity contribution >= 4 is 11.9 Å². The van der Waals surface area contributed by atoms with E-state index < -0.39 is 5.97 Å². The van der Waals surface area contributed by atoms with E-state index in [0.29, 0.717) is 37.6 Å². The molecule has 6 heteroatoms. The third kappa shape index (κ3) is 5.13. The minimum absolute atomic E-state index is 0.0104. The molecule has 3 N–H and O–H groups in total. The molecule has 0 aliphatic rings. The van der Waals surface area contributed by atoms with Gasteiger partial charge in [-0.1, -0.05) is 6.92 Å². The summed E-state index contributed by atoms with van der Waals surface area (Å²) in [6, 6.07) is 1.50. The van der Waals surface area contributed by atoms with E-state index in [2.05, 4.69) is 10.6 Å². The molecule has 1 heterocycles. The summed E-state index contributed by atoms with van der Waals surface area (Å²) in [6.45, 7) is 5.24. The number of carboxylic acid groups (broad SMARTS) is 1. The fraction of sp³-hybridized carbons (Fsp3) is 0.538. The second-order valence-corrected chi connectivity index (χ2v) is 4.26. The van der Waals surface area contributed by atoms with Crippen LogP contribution < -0.4 is 10.6 Å². The van der Waals surface area contributed by atoms with Gasteiger partial charge in [0.1, 0.15) is 17.1 Å². The van der Waals surface area contributed by atoms with Gasteiger partial charge in [0.25, 0.3) is 0 Å². The van der Waals surface area contributed by atoms with E-state index in [1.807, 2.05) is 6.92 Å². The minimum Gasteiger partial charge on any atom is -0.478 e. The molecular weight excluding hydrogens is 248 g/mol. The summed E-state index contributed by atoms with van der Waals surface area (Å²) in [4.78, 5) is 22.1. The molecule has 0 saturated heterocycles. The second-order valence-electron chi connectivity index (χ2n) is 4.26. The summed E-state index contributed by atoms with van der Waals surface area (Å²) in [5.41, 5.74) is 0.178. The van der Waals surface area contributed by atoms with Crippen LogP contribution in [0.4, 0.5) is 0 Å². The Morgan fingerprint density at radius 3 is 2.68 bits per heavy atom. The van der Waals surface area contributed by atoms with Crippen molar-refractivity contribution in [2.24, 2.45) is 0 Å². The minimum atomic E-state index is -0.994. The number of carboxylic acids is 1. The topological polar surface area (TPSA) is 91.6 Å². The molecule has 0 aliphatic carbocycles. The summed E-state index contributed by atoms with van der Waals surface area (Å²) < 4.78 is 5.30. The highest BCUT2D eigenvalue weighted by atomic mass is 16.4. The summed E-state index contributed by atoms with van der Waals surface area (Å²) in [5, 5.41) is 14.7. The van der Waals surface area contributed by atoms with Gasteiger partial charge in [-0.05, 0) is 19.4 Å². The Morgan fingerprint density at radius 1 is 1.37 bits per heavy atom. The van der Waals surface area contributed by atoms with Crippen molar-refractivity contribution in [2.45, 2.75) is 33.2 Å². The monoisotopic (exact) mass is 268 g/mol. The highest BCUT2D eigenvalue weighted by Gasteiger charge is 2.13. The molecule has 0 aromatic carbocycles. The van der Waals surface area contributed by atoms with E-state index in [9.17, 15) is 9.59 Å². The fourth-order valence-corrected chi connectivity index (χ4v) is 1.61. The molecule has 6 nitrogen and oxygen atoms in total. The van der Waals surface area contributed by atoms with Crippen LogP contribution in [0.15, 0.2) is 10.5 Å². The average molecular weight is 268 g/mol. The zero-order valence-corrected chi connectivity index (χ0v) is 11.3. The van der Waals surface area contributed by atoms with E-state index in [0.717, 1.165) is 6.42 Å². The van der Waals surface area contributed by atoms with Gasteiger partial charge in [-0.2, -0.15) is 0 Å². The maximum atomic E-state index is 11.3. The Bertz CT molecular complexity index is 440. The SMILES string of the molecule is CCCNC(=O)CCNCc1cc(C(=O)O)c(C)o1. The molecule has 1 aromatic heterocycles. The van der Waals surface area contributed by atoms with Crippen LogP contribution in [0.25, 0.3) is 0 Å². The van der Waals surface area contributed by atoms with Gasteiger partial charge >= 0.3 is 5.97 Å². The standard InChI is InChI=1S/C13H20N2O4/c1-3-5-15-12(16)4-6-14-8-10-7-11(13(17)18)9(2)19-10/h7,14H,3-6,8H2,1-2H3,(H,15,16)(H,17,18). The lowest BCUT2D eigenvalue weighted by Crippen LogP contribution is -2.27. The van der Waals surface area contributed by atoms with Crippen molar-refractivity contribution in [3.05, 3.63) is 23.2 Å². The number of amides is 1. The van der Waals surface area contributed by atoms with E-state index in [-0.39, 0.29) is 11.5 Å². The molecule has 1 aromatic rings. The first-order valence-electron chi connectivity index (χ1n) is 6.34. The van der Waals surface area contributed by atoms with Gasteiger partial charge in [-0.3, -0.25) is 4.79 Å². The van der Waals surface area contributed by atoms with Crippen molar-refractivity contribution in [1.29, 1.82) is 0 Å². The van der Waals surface area contributed by atoms with E-state index in [4.69, 9.17) is 9.52 Å². The van der Waals surface area contributed by atoms with E-state index in [1.54, 1.807) is 6.92 Å². The third-order valence-electron chi connectivity index (χ3n) is 2.60. The molecule has 1 rings (SSSR count). The van der Waals surface area contributed by atoms with Crippen LogP contribution in [0, 0.1) is 6.92 Å². The van der Waals surface area contributed by atoms with Crippen LogP contribution in [0.5, 0.6) is 0 Å². The van der Waals surface area contributed by atoms with Gasteiger partial charge in [-0.25, -0.2) is 4.79 Å². The van der Waals surface area contributed by atoms with Crippen LogP contribution >= 0.6 is 0 Å². The van der Waals surface area contributed by atoms with Crippen molar-refractivity contribution in [2.75, 3.05) is 13.1 Å². The Kier molecular flexibility index (Phi) is 6.08.